The first-order valence-corrected chi connectivity index (χ1v) is 6.40. The van der Waals surface area contributed by atoms with Gasteiger partial charge in [0.15, 0.2) is 11.4 Å². The number of nitriles is 2. The Morgan fingerprint density at radius 3 is 2.43 bits per heavy atom. The number of ether oxygens (including phenoxy) is 1. The molecule has 0 N–H and O–H groups in total. The van der Waals surface area contributed by atoms with Crippen molar-refractivity contribution >= 4 is 15.9 Å². The molecule has 6 nitrogen and oxygen atoms in total. The first kappa shape index (κ1) is 14.8. The summed E-state index contributed by atoms with van der Waals surface area (Å²) in [7, 11) is 2.73. The summed E-state index contributed by atoms with van der Waals surface area (Å²) in [4.78, 5) is 12.2. The molecule has 0 radical (unpaired) electrons. The highest BCUT2D eigenvalue weighted by molar-refractivity contribution is 9.10. The normalized spacial score (nSPS) is 10.0. The van der Waals surface area contributed by atoms with Gasteiger partial charge in [-0.05, 0) is 22.0 Å². The molecule has 1 aromatic heterocycles. The van der Waals surface area contributed by atoms with Crippen LogP contribution in [0.1, 0.15) is 11.4 Å². The van der Waals surface area contributed by atoms with Gasteiger partial charge in [-0.1, -0.05) is 0 Å². The second kappa shape index (κ2) is 5.43. The van der Waals surface area contributed by atoms with Gasteiger partial charge in [0.1, 0.15) is 23.7 Å². The first-order chi connectivity index (χ1) is 9.96. The number of nitrogens with zero attached hydrogens (tertiary/aromatic N) is 4. The Morgan fingerprint density at radius 2 is 1.90 bits per heavy atom. The molecule has 0 saturated heterocycles. The molecule has 8 heteroatoms. The van der Waals surface area contributed by atoms with E-state index in [4.69, 9.17) is 15.3 Å². The van der Waals surface area contributed by atoms with Gasteiger partial charge in [-0.25, -0.2) is 13.8 Å². The number of methoxy groups -OCH3 is 1. The van der Waals surface area contributed by atoms with Crippen LogP contribution in [-0.2, 0) is 7.05 Å². The lowest BCUT2D eigenvalue weighted by Gasteiger charge is -2.09. The minimum Gasteiger partial charge on any atom is -0.495 e. The highest BCUT2D eigenvalue weighted by atomic mass is 79.9. The van der Waals surface area contributed by atoms with E-state index in [2.05, 4.69) is 15.9 Å². The first-order valence-electron chi connectivity index (χ1n) is 5.61. The number of hydrogen-bond acceptors (Lipinski definition) is 4. The molecule has 0 saturated carbocycles. The Hall–Kier alpha value is -2.58. The summed E-state index contributed by atoms with van der Waals surface area (Å²) in [5, 5.41) is 18.2. The van der Waals surface area contributed by atoms with Crippen LogP contribution >= 0.6 is 15.9 Å². The van der Waals surface area contributed by atoms with E-state index in [0.29, 0.717) is 10.2 Å². The number of benzene rings is 1. The number of imidazole rings is 1. The molecule has 0 fully saturated rings. The van der Waals surface area contributed by atoms with Crippen LogP contribution < -0.4 is 10.4 Å². The van der Waals surface area contributed by atoms with E-state index < -0.39 is 11.5 Å². The predicted octanol–water partition coefficient (Wildman–Crippen LogP) is 1.83. The number of hydrogen-bond donors (Lipinski definition) is 0. The topological polar surface area (TPSA) is 83.7 Å². The molecule has 0 amide bonds. The molecular weight excluding hydrogens is 343 g/mol. The Morgan fingerprint density at radius 1 is 1.29 bits per heavy atom. The average molecular weight is 351 g/mol. The van der Waals surface area contributed by atoms with Gasteiger partial charge in [-0.15, -0.1) is 0 Å². The van der Waals surface area contributed by atoms with Crippen molar-refractivity contribution in [2.75, 3.05) is 7.11 Å². The summed E-state index contributed by atoms with van der Waals surface area (Å²) in [6.45, 7) is 0. The minimum atomic E-state index is -0.726. The second-order valence-corrected chi connectivity index (χ2v) is 4.89. The molecule has 0 spiro atoms. The molecule has 0 aliphatic heterocycles. The molecule has 106 valence electrons. The van der Waals surface area contributed by atoms with Crippen molar-refractivity contribution in [1.82, 2.24) is 9.13 Å². The van der Waals surface area contributed by atoms with E-state index >= 15 is 0 Å². The molecule has 1 heterocycles. The SMILES string of the molecule is COc1cc(-n2c(C#N)c(C#N)n(C)c2=O)c(F)cc1Br. The summed E-state index contributed by atoms with van der Waals surface area (Å²) in [5.41, 5.74) is -1.21. The van der Waals surface area contributed by atoms with Crippen LogP contribution in [0.4, 0.5) is 4.39 Å². The van der Waals surface area contributed by atoms with Gasteiger partial charge in [0.2, 0.25) is 0 Å². The zero-order valence-corrected chi connectivity index (χ0v) is 12.6. The number of halogens is 2. The highest BCUT2D eigenvalue weighted by Gasteiger charge is 2.22. The number of rotatable bonds is 2. The zero-order chi connectivity index (χ0) is 15.7. The quantitative estimate of drug-likeness (QED) is 0.826. The summed E-state index contributed by atoms with van der Waals surface area (Å²) in [6.07, 6.45) is 0. The molecule has 0 atom stereocenters. The van der Waals surface area contributed by atoms with E-state index in [1.807, 2.05) is 0 Å². The molecule has 2 aromatic rings. The molecule has 0 unspecified atom stereocenters. The smallest absolute Gasteiger partial charge is 0.334 e. The maximum Gasteiger partial charge on any atom is 0.334 e. The van der Waals surface area contributed by atoms with Gasteiger partial charge in [0.25, 0.3) is 0 Å². The fourth-order valence-corrected chi connectivity index (χ4v) is 2.38. The van der Waals surface area contributed by atoms with Gasteiger partial charge in [0.05, 0.1) is 17.3 Å². The van der Waals surface area contributed by atoms with E-state index in [0.717, 1.165) is 15.2 Å². The van der Waals surface area contributed by atoms with E-state index in [1.165, 1.54) is 20.2 Å². The summed E-state index contributed by atoms with van der Waals surface area (Å²) in [6, 6.07) is 5.92. The van der Waals surface area contributed by atoms with Crippen molar-refractivity contribution in [3.05, 3.63) is 44.3 Å². The summed E-state index contributed by atoms with van der Waals surface area (Å²) < 4.78 is 21.4. The fourth-order valence-electron chi connectivity index (χ4n) is 1.91. The third kappa shape index (κ3) is 2.20. The third-order valence-electron chi connectivity index (χ3n) is 2.94. The van der Waals surface area contributed by atoms with Crippen molar-refractivity contribution in [3.63, 3.8) is 0 Å². The molecule has 0 aliphatic carbocycles. The van der Waals surface area contributed by atoms with E-state index in [9.17, 15) is 9.18 Å². The van der Waals surface area contributed by atoms with Gasteiger partial charge in [-0.2, -0.15) is 10.5 Å². The van der Waals surface area contributed by atoms with E-state index in [1.54, 1.807) is 12.1 Å². The lowest BCUT2D eigenvalue weighted by atomic mass is 10.2. The van der Waals surface area contributed by atoms with Gasteiger partial charge in [-0.3, -0.25) is 4.57 Å². The van der Waals surface area contributed by atoms with Gasteiger partial charge < -0.3 is 4.74 Å². The van der Waals surface area contributed by atoms with Gasteiger partial charge >= 0.3 is 5.69 Å². The fraction of sp³-hybridized carbons (Fsp3) is 0.154. The summed E-state index contributed by atoms with van der Waals surface area (Å²) in [5.74, 6) is -0.430. The molecule has 2 rings (SSSR count). The van der Waals surface area contributed by atoms with Crippen LogP contribution in [0.3, 0.4) is 0 Å². The summed E-state index contributed by atoms with van der Waals surface area (Å²) >= 11 is 3.13. The van der Waals surface area contributed by atoms with Crippen molar-refractivity contribution in [2.24, 2.45) is 7.05 Å². The third-order valence-corrected chi connectivity index (χ3v) is 3.56. The van der Waals surface area contributed by atoms with Crippen molar-refractivity contribution in [3.8, 4) is 23.6 Å². The Kier molecular flexibility index (Phi) is 3.83. The van der Waals surface area contributed by atoms with Crippen molar-refractivity contribution in [2.45, 2.75) is 0 Å². The average Bonchev–Trinajstić information content (AvgIpc) is 2.71. The Balaban J connectivity index is 2.90. The van der Waals surface area contributed by atoms with Crippen LogP contribution in [0.5, 0.6) is 5.75 Å². The lowest BCUT2D eigenvalue weighted by molar-refractivity contribution is 0.410. The second-order valence-electron chi connectivity index (χ2n) is 4.04. The lowest BCUT2D eigenvalue weighted by Crippen LogP contribution is -2.22. The molecular formula is C13H8BrFN4O2. The van der Waals surface area contributed by atoms with Crippen LogP contribution in [-0.4, -0.2) is 16.2 Å². The van der Waals surface area contributed by atoms with Gasteiger partial charge in [0, 0.05) is 13.1 Å². The van der Waals surface area contributed by atoms with Crippen molar-refractivity contribution in [1.29, 1.82) is 10.5 Å². The van der Waals surface area contributed by atoms with Crippen molar-refractivity contribution < 1.29 is 9.13 Å². The monoisotopic (exact) mass is 350 g/mol. The molecule has 0 bridgehead atoms. The van der Waals surface area contributed by atoms with Crippen LogP contribution in [0.2, 0.25) is 0 Å². The number of aromatic nitrogens is 2. The Bertz CT molecular complexity index is 870. The Labute approximate surface area is 127 Å². The molecule has 21 heavy (non-hydrogen) atoms. The van der Waals surface area contributed by atoms with E-state index in [-0.39, 0.29) is 17.1 Å². The molecule has 1 aromatic carbocycles. The maximum absolute atomic E-state index is 14.1. The maximum atomic E-state index is 14.1. The predicted molar refractivity (Wildman–Crippen MR) is 74.7 cm³/mol. The highest BCUT2D eigenvalue weighted by Crippen LogP contribution is 2.30. The van der Waals surface area contributed by atoms with Crippen LogP contribution in [0, 0.1) is 28.5 Å². The zero-order valence-electron chi connectivity index (χ0n) is 11.0. The standard InChI is InChI=1S/C13H8BrFN4O2/c1-18-10(5-16)11(6-17)19(13(18)20)9-4-12(21-2)7(14)3-8(9)15/h3-4H,1-2H3. The van der Waals surface area contributed by atoms with Crippen LogP contribution in [0.15, 0.2) is 21.4 Å². The minimum absolute atomic E-state index is 0.135. The molecule has 0 aliphatic rings. The van der Waals surface area contributed by atoms with Crippen LogP contribution in [0.25, 0.3) is 5.69 Å². The largest absolute Gasteiger partial charge is 0.495 e.